The molecule has 1 fully saturated rings. The Bertz CT molecular complexity index is 544. The summed E-state index contributed by atoms with van der Waals surface area (Å²) in [5, 5.41) is 13.6. The molecule has 1 heterocycles. The molecule has 114 valence electrons. The molecule has 0 bridgehead atoms. The average molecular weight is 295 g/mol. The fourth-order valence-electron chi connectivity index (χ4n) is 2.55. The van der Waals surface area contributed by atoms with Crippen LogP contribution >= 0.6 is 0 Å². The molecule has 1 amide bonds. The number of benzene rings is 1. The highest BCUT2D eigenvalue weighted by Crippen LogP contribution is 2.19. The second-order valence-electron chi connectivity index (χ2n) is 5.30. The first-order valence-electron chi connectivity index (χ1n) is 6.94. The van der Waals surface area contributed by atoms with Gasteiger partial charge in [0.15, 0.2) is 0 Å². The van der Waals surface area contributed by atoms with E-state index in [1.165, 1.54) is 0 Å². The van der Waals surface area contributed by atoms with Crippen molar-refractivity contribution in [2.45, 2.75) is 25.8 Å². The van der Waals surface area contributed by atoms with Gasteiger partial charge in [-0.15, -0.1) is 0 Å². The normalized spacial score (nSPS) is 16.7. The van der Waals surface area contributed by atoms with Crippen molar-refractivity contribution in [3.63, 3.8) is 0 Å². The van der Waals surface area contributed by atoms with Crippen LogP contribution in [-0.4, -0.2) is 41.4 Å². The molecule has 1 unspecified atom stereocenters. The van der Waals surface area contributed by atoms with Gasteiger partial charge in [0.05, 0.1) is 4.92 Å². The van der Waals surface area contributed by atoms with Crippen molar-refractivity contribution in [2.75, 3.05) is 19.6 Å². The summed E-state index contributed by atoms with van der Waals surface area (Å²) in [5.41, 5.74) is -0.629. The molecule has 6 nitrogen and oxygen atoms in total. The summed E-state index contributed by atoms with van der Waals surface area (Å²) < 4.78 is 13.2. The van der Waals surface area contributed by atoms with E-state index in [9.17, 15) is 19.3 Å². The molecule has 0 aromatic heterocycles. The maximum atomic E-state index is 13.2. The molecular weight excluding hydrogens is 277 g/mol. The third kappa shape index (κ3) is 3.98. The quantitative estimate of drug-likeness (QED) is 0.665. The number of hydrogen-bond donors (Lipinski definition) is 1. The van der Waals surface area contributed by atoms with Gasteiger partial charge < -0.3 is 10.2 Å². The zero-order valence-corrected chi connectivity index (χ0v) is 11.8. The summed E-state index contributed by atoms with van der Waals surface area (Å²) in [6.45, 7) is 4.52. The minimum Gasteiger partial charge on any atom is -0.348 e. The van der Waals surface area contributed by atoms with Gasteiger partial charge in [-0.3, -0.25) is 14.9 Å². The van der Waals surface area contributed by atoms with Crippen molar-refractivity contribution in [1.29, 1.82) is 0 Å². The molecule has 2 rings (SSSR count). The topological polar surface area (TPSA) is 75.5 Å². The van der Waals surface area contributed by atoms with Crippen molar-refractivity contribution in [3.05, 3.63) is 39.7 Å². The number of nitrogens with one attached hydrogen (secondary N) is 1. The predicted molar refractivity (Wildman–Crippen MR) is 75.7 cm³/mol. The van der Waals surface area contributed by atoms with Gasteiger partial charge in [0, 0.05) is 18.7 Å². The van der Waals surface area contributed by atoms with Gasteiger partial charge in [0.25, 0.3) is 11.6 Å². The number of carbonyl (C=O) groups is 1. The summed E-state index contributed by atoms with van der Waals surface area (Å²) in [7, 11) is 0. The first-order valence-corrected chi connectivity index (χ1v) is 6.94. The van der Waals surface area contributed by atoms with Gasteiger partial charge in [-0.05, 0) is 45.0 Å². The molecule has 21 heavy (non-hydrogen) atoms. The average Bonchev–Trinajstić information content (AvgIpc) is 2.90. The predicted octanol–water partition coefficient (Wildman–Crippen LogP) is 1.95. The highest BCUT2D eigenvalue weighted by atomic mass is 19.1. The first-order chi connectivity index (χ1) is 9.97. The number of hydrogen-bond acceptors (Lipinski definition) is 4. The Kier molecular flexibility index (Phi) is 4.85. The highest BCUT2D eigenvalue weighted by molar-refractivity contribution is 5.98. The number of nitro groups is 1. The molecule has 0 aliphatic carbocycles. The third-order valence-corrected chi connectivity index (χ3v) is 3.51. The second-order valence-corrected chi connectivity index (χ2v) is 5.30. The third-order valence-electron chi connectivity index (χ3n) is 3.51. The summed E-state index contributed by atoms with van der Waals surface area (Å²) in [5.74, 6) is -1.29. The van der Waals surface area contributed by atoms with Gasteiger partial charge in [-0.1, -0.05) is 0 Å². The van der Waals surface area contributed by atoms with Crippen molar-refractivity contribution in [2.24, 2.45) is 0 Å². The largest absolute Gasteiger partial charge is 0.348 e. The van der Waals surface area contributed by atoms with Crippen LogP contribution < -0.4 is 5.32 Å². The molecule has 1 N–H and O–H groups in total. The van der Waals surface area contributed by atoms with E-state index in [2.05, 4.69) is 10.2 Å². The lowest BCUT2D eigenvalue weighted by molar-refractivity contribution is -0.385. The molecular formula is C14H18FN3O3. The Hall–Kier alpha value is -2.02. The van der Waals surface area contributed by atoms with Gasteiger partial charge in [0.2, 0.25) is 0 Å². The summed E-state index contributed by atoms with van der Waals surface area (Å²) in [6, 6.07) is 2.73. The van der Waals surface area contributed by atoms with E-state index in [-0.39, 0.29) is 17.3 Å². The van der Waals surface area contributed by atoms with Crippen LogP contribution in [0.5, 0.6) is 0 Å². The molecule has 0 spiro atoms. The van der Waals surface area contributed by atoms with E-state index in [0.29, 0.717) is 6.54 Å². The van der Waals surface area contributed by atoms with E-state index in [4.69, 9.17) is 0 Å². The van der Waals surface area contributed by atoms with Crippen LogP contribution in [-0.2, 0) is 0 Å². The molecule has 1 atom stereocenters. The van der Waals surface area contributed by atoms with Gasteiger partial charge >= 0.3 is 0 Å². The minimum absolute atomic E-state index is 0.154. The molecule has 1 aliphatic rings. The number of halogens is 1. The maximum Gasteiger partial charge on any atom is 0.282 e. The van der Waals surface area contributed by atoms with Crippen LogP contribution in [0.2, 0.25) is 0 Å². The van der Waals surface area contributed by atoms with Crippen LogP contribution in [0.3, 0.4) is 0 Å². The lowest BCUT2D eigenvalue weighted by atomic mass is 10.1. The SMILES string of the molecule is CC(CN1CCCC1)NC(=O)c1cc(F)ccc1[N+](=O)[O-]. The number of nitro benzene ring substituents is 1. The Balaban J connectivity index is 2.05. The molecule has 1 saturated heterocycles. The van der Waals surface area contributed by atoms with Gasteiger partial charge in [0.1, 0.15) is 11.4 Å². The lowest BCUT2D eigenvalue weighted by Crippen LogP contribution is -2.41. The van der Waals surface area contributed by atoms with Crippen LogP contribution in [0.15, 0.2) is 18.2 Å². The first kappa shape index (κ1) is 15.4. The Labute approximate surface area is 122 Å². The molecule has 0 radical (unpaired) electrons. The molecule has 1 aromatic carbocycles. The van der Waals surface area contributed by atoms with E-state index in [1.807, 2.05) is 6.92 Å². The number of likely N-dealkylation sites (tertiary alicyclic amines) is 1. The van der Waals surface area contributed by atoms with E-state index in [1.54, 1.807) is 0 Å². The number of carbonyl (C=O) groups excluding carboxylic acids is 1. The standard InChI is InChI=1S/C14H18FN3O3/c1-10(9-17-6-2-3-7-17)16-14(19)12-8-11(15)4-5-13(12)18(20)21/h4-5,8,10H,2-3,6-7,9H2,1H3,(H,16,19). The smallest absolute Gasteiger partial charge is 0.282 e. The Morgan fingerprint density at radius 1 is 1.48 bits per heavy atom. The Morgan fingerprint density at radius 3 is 2.76 bits per heavy atom. The summed E-state index contributed by atoms with van der Waals surface area (Å²) >= 11 is 0. The fourth-order valence-corrected chi connectivity index (χ4v) is 2.55. The van der Waals surface area contributed by atoms with Crippen LogP contribution in [0, 0.1) is 15.9 Å². The van der Waals surface area contributed by atoms with E-state index in [0.717, 1.165) is 44.1 Å². The van der Waals surface area contributed by atoms with Gasteiger partial charge in [-0.25, -0.2) is 4.39 Å². The zero-order valence-electron chi connectivity index (χ0n) is 11.8. The zero-order chi connectivity index (χ0) is 15.4. The number of amides is 1. The lowest BCUT2D eigenvalue weighted by Gasteiger charge is -2.21. The minimum atomic E-state index is -0.681. The second kappa shape index (κ2) is 6.62. The molecule has 0 saturated carbocycles. The van der Waals surface area contributed by atoms with Crippen molar-refractivity contribution in [1.82, 2.24) is 10.2 Å². The van der Waals surface area contributed by atoms with Crippen LogP contribution in [0.1, 0.15) is 30.1 Å². The monoisotopic (exact) mass is 295 g/mol. The summed E-state index contributed by atoms with van der Waals surface area (Å²) in [4.78, 5) is 24.5. The fraction of sp³-hybridized carbons (Fsp3) is 0.500. The number of rotatable bonds is 5. The number of nitrogens with zero attached hydrogens (tertiary/aromatic N) is 2. The van der Waals surface area contributed by atoms with Gasteiger partial charge in [-0.2, -0.15) is 0 Å². The Morgan fingerprint density at radius 2 is 2.14 bits per heavy atom. The van der Waals surface area contributed by atoms with Crippen molar-refractivity contribution >= 4 is 11.6 Å². The summed E-state index contributed by atoms with van der Waals surface area (Å²) in [6.07, 6.45) is 2.30. The molecule has 1 aromatic rings. The molecule has 1 aliphatic heterocycles. The van der Waals surface area contributed by atoms with Crippen LogP contribution in [0.25, 0.3) is 0 Å². The van der Waals surface area contributed by atoms with E-state index >= 15 is 0 Å². The molecule has 7 heteroatoms. The van der Waals surface area contributed by atoms with Crippen molar-refractivity contribution in [3.8, 4) is 0 Å². The van der Waals surface area contributed by atoms with E-state index < -0.39 is 16.6 Å². The maximum absolute atomic E-state index is 13.2. The highest BCUT2D eigenvalue weighted by Gasteiger charge is 2.23. The van der Waals surface area contributed by atoms with Crippen molar-refractivity contribution < 1.29 is 14.1 Å². The van der Waals surface area contributed by atoms with Crippen LogP contribution in [0.4, 0.5) is 10.1 Å².